The Hall–Kier alpha value is -2.20. The van der Waals surface area contributed by atoms with E-state index in [1.165, 1.54) is 10.3 Å². The molecule has 6 nitrogen and oxygen atoms in total. The Balaban J connectivity index is 1.32. The van der Waals surface area contributed by atoms with Crippen molar-refractivity contribution in [1.82, 2.24) is 24.2 Å². The van der Waals surface area contributed by atoms with E-state index < -0.39 is 0 Å². The fourth-order valence-corrected chi connectivity index (χ4v) is 5.36. The molecule has 2 heterocycles. The van der Waals surface area contributed by atoms with Crippen molar-refractivity contribution in [3.63, 3.8) is 0 Å². The topological polar surface area (TPSA) is 48.1 Å². The Morgan fingerprint density at radius 3 is 2.84 bits per heavy atom. The molecule has 0 unspecified atom stereocenters. The van der Waals surface area contributed by atoms with Crippen LogP contribution in [0.1, 0.15) is 11.4 Å². The Bertz CT molecular complexity index is 1200. The number of hydrogen-bond acceptors (Lipinski definition) is 7. The summed E-state index contributed by atoms with van der Waals surface area (Å²) in [5.74, 6) is 2.57. The van der Waals surface area contributed by atoms with Crippen molar-refractivity contribution in [2.45, 2.75) is 23.7 Å². The molecule has 4 aromatic rings. The maximum Gasteiger partial charge on any atom is 0.198 e. The van der Waals surface area contributed by atoms with Gasteiger partial charge in [-0.15, -0.1) is 11.3 Å². The quantitative estimate of drug-likeness (QED) is 0.249. The maximum absolute atomic E-state index is 5.86. The molecule has 0 aliphatic rings. The van der Waals surface area contributed by atoms with Gasteiger partial charge in [-0.2, -0.15) is 5.10 Å². The summed E-state index contributed by atoms with van der Waals surface area (Å²) in [6.07, 6.45) is 0. The Labute approximate surface area is 195 Å². The third-order valence-electron chi connectivity index (χ3n) is 4.84. The van der Waals surface area contributed by atoms with E-state index in [0.717, 1.165) is 33.7 Å². The van der Waals surface area contributed by atoms with E-state index >= 15 is 0 Å². The lowest BCUT2D eigenvalue weighted by Crippen LogP contribution is -2.27. The number of para-hydroxylation sites is 1. The van der Waals surface area contributed by atoms with E-state index in [1.54, 1.807) is 23.1 Å². The fraction of sp³-hybridized carbons (Fsp3) is 0.318. The van der Waals surface area contributed by atoms with Crippen LogP contribution in [0, 0.1) is 11.7 Å². The lowest BCUT2D eigenvalue weighted by atomic mass is 10.2. The van der Waals surface area contributed by atoms with Crippen molar-refractivity contribution in [1.29, 1.82) is 0 Å². The van der Waals surface area contributed by atoms with Gasteiger partial charge in [-0.05, 0) is 56.0 Å². The third kappa shape index (κ3) is 5.54. The zero-order valence-electron chi connectivity index (χ0n) is 17.8. The molecular formula is C22H25N5OS3. The van der Waals surface area contributed by atoms with Crippen molar-refractivity contribution in [3.8, 4) is 5.75 Å². The fourth-order valence-electron chi connectivity index (χ4n) is 3.11. The molecule has 4 rings (SSSR count). The number of thiazole rings is 1. The molecule has 0 aliphatic carbocycles. The number of thioether (sulfide) groups is 1. The second kappa shape index (κ2) is 9.95. The molecule has 0 radical (unpaired) electrons. The largest absolute Gasteiger partial charge is 0.492 e. The van der Waals surface area contributed by atoms with Crippen molar-refractivity contribution in [2.24, 2.45) is 7.05 Å². The van der Waals surface area contributed by atoms with Gasteiger partial charge in [0.15, 0.2) is 9.11 Å². The molecule has 0 saturated carbocycles. The average Bonchev–Trinajstić information content (AvgIpc) is 3.28. The Morgan fingerprint density at radius 1 is 1.19 bits per heavy atom. The van der Waals surface area contributed by atoms with Crippen molar-refractivity contribution >= 4 is 45.5 Å². The normalized spacial score (nSPS) is 11.5. The third-order valence-corrected chi connectivity index (χ3v) is 7.50. The molecule has 2 aromatic carbocycles. The molecular weight excluding hydrogens is 446 g/mol. The van der Waals surface area contributed by atoms with Gasteiger partial charge in [0.1, 0.15) is 18.2 Å². The number of fused-ring (bicyclic) bond motifs is 1. The number of nitrogens with zero attached hydrogens (tertiary/aromatic N) is 5. The molecule has 0 bridgehead atoms. The van der Waals surface area contributed by atoms with Gasteiger partial charge in [0.2, 0.25) is 0 Å². The van der Waals surface area contributed by atoms with Gasteiger partial charge in [0.05, 0.1) is 22.6 Å². The lowest BCUT2D eigenvalue weighted by Gasteiger charge is -2.16. The van der Waals surface area contributed by atoms with Crippen LogP contribution in [0.3, 0.4) is 0 Å². The van der Waals surface area contributed by atoms with Crippen LogP contribution in [0.2, 0.25) is 0 Å². The molecule has 31 heavy (non-hydrogen) atoms. The molecule has 0 saturated heterocycles. The number of rotatable bonds is 9. The van der Waals surface area contributed by atoms with E-state index in [2.05, 4.69) is 28.9 Å². The van der Waals surface area contributed by atoms with Crippen LogP contribution < -0.4 is 4.74 Å². The van der Waals surface area contributed by atoms with Crippen molar-refractivity contribution < 1.29 is 4.74 Å². The summed E-state index contributed by atoms with van der Waals surface area (Å²) in [6.45, 7) is 4.08. The zero-order valence-corrected chi connectivity index (χ0v) is 20.3. The van der Waals surface area contributed by atoms with Gasteiger partial charge in [-0.3, -0.25) is 4.90 Å². The van der Waals surface area contributed by atoms with Gasteiger partial charge in [0, 0.05) is 13.6 Å². The van der Waals surface area contributed by atoms with Crippen molar-refractivity contribution in [3.05, 3.63) is 64.7 Å². The summed E-state index contributed by atoms with van der Waals surface area (Å²) in [6, 6.07) is 16.3. The van der Waals surface area contributed by atoms with Crippen LogP contribution >= 0.6 is 35.3 Å². The summed E-state index contributed by atoms with van der Waals surface area (Å²) < 4.78 is 12.7. The summed E-state index contributed by atoms with van der Waals surface area (Å²) in [5, 5.41) is 4.75. The monoisotopic (exact) mass is 471 g/mol. The number of ether oxygens (including phenoxy) is 1. The number of benzene rings is 2. The first-order valence-electron chi connectivity index (χ1n) is 9.98. The summed E-state index contributed by atoms with van der Waals surface area (Å²) in [4.78, 5) is 6.84. The summed E-state index contributed by atoms with van der Waals surface area (Å²) in [7, 11) is 4.02. The highest BCUT2D eigenvalue weighted by Gasteiger charge is 2.12. The molecule has 0 atom stereocenters. The molecule has 0 spiro atoms. The highest BCUT2D eigenvalue weighted by molar-refractivity contribution is 8.00. The Kier molecular flexibility index (Phi) is 7.06. The molecule has 0 amide bonds. The minimum Gasteiger partial charge on any atom is -0.492 e. The van der Waals surface area contributed by atoms with Crippen LogP contribution in [-0.4, -0.2) is 44.4 Å². The second-order valence-electron chi connectivity index (χ2n) is 7.38. The SMILES string of the molecule is Cc1cccc(OCCN(C)Cn2nc(CSc3nc4ccccc4s3)n(C)c2=S)c1. The molecule has 0 fully saturated rings. The highest BCUT2D eigenvalue weighted by Crippen LogP contribution is 2.31. The molecule has 9 heteroatoms. The standard InChI is InChI=1S/C22H25N5OS3/c1-16-7-6-8-17(13-16)28-12-11-25(2)15-27-22(29)26(3)20(24-27)14-30-21-23-18-9-4-5-10-19(18)31-21/h4-10,13H,11-12,14-15H2,1-3H3. The number of aromatic nitrogens is 4. The first-order valence-corrected chi connectivity index (χ1v) is 12.2. The summed E-state index contributed by atoms with van der Waals surface area (Å²) in [5.41, 5.74) is 2.24. The van der Waals surface area contributed by atoms with Gasteiger partial charge in [-0.1, -0.05) is 36.0 Å². The maximum atomic E-state index is 5.86. The highest BCUT2D eigenvalue weighted by atomic mass is 32.2. The van der Waals surface area contributed by atoms with Crippen LogP contribution in [0.5, 0.6) is 5.75 Å². The molecule has 2 aromatic heterocycles. The molecule has 162 valence electrons. The van der Waals surface area contributed by atoms with Gasteiger partial charge in [-0.25, -0.2) is 9.67 Å². The zero-order chi connectivity index (χ0) is 21.8. The smallest absolute Gasteiger partial charge is 0.198 e. The van der Waals surface area contributed by atoms with Crippen molar-refractivity contribution in [2.75, 3.05) is 20.2 Å². The number of aryl methyl sites for hydroxylation is 1. The van der Waals surface area contributed by atoms with E-state index in [0.29, 0.717) is 18.0 Å². The number of hydrogen-bond donors (Lipinski definition) is 0. The van der Waals surface area contributed by atoms with E-state index in [9.17, 15) is 0 Å². The average molecular weight is 472 g/mol. The minimum absolute atomic E-state index is 0.612. The first-order chi connectivity index (χ1) is 15.0. The Morgan fingerprint density at radius 2 is 2.03 bits per heavy atom. The van der Waals surface area contributed by atoms with Crippen LogP contribution in [-0.2, 0) is 19.5 Å². The van der Waals surface area contributed by atoms with Gasteiger partial charge >= 0.3 is 0 Å². The number of likely N-dealkylation sites (N-methyl/N-ethyl adjacent to an activating group) is 1. The lowest BCUT2D eigenvalue weighted by molar-refractivity contribution is 0.197. The second-order valence-corrected chi connectivity index (χ2v) is 10.00. The predicted molar refractivity (Wildman–Crippen MR) is 131 cm³/mol. The van der Waals surface area contributed by atoms with E-state index in [-0.39, 0.29) is 0 Å². The van der Waals surface area contributed by atoms with Gasteiger partial charge in [0.25, 0.3) is 0 Å². The van der Waals surface area contributed by atoms with Crippen LogP contribution in [0.15, 0.2) is 52.9 Å². The van der Waals surface area contributed by atoms with Gasteiger partial charge < -0.3 is 9.30 Å². The van der Waals surface area contributed by atoms with Crippen LogP contribution in [0.25, 0.3) is 10.2 Å². The summed E-state index contributed by atoms with van der Waals surface area (Å²) >= 11 is 9.01. The first kappa shape index (κ1) is 22.0. The van der Waals surface area contributed by atoms with E-state index in [4.69, 9.17) is 22.1 Å². The van der Waals surface area contributed by atoms with Crippen LogP contribution in [0.4, 0.5) is 0 Å². The molecule has 0 aliphatic heterocycles. The molecule has 0 N–H and O–H groups in total. The minimum atomic E-state index is 0.612. The van der Waals surface area contributed by atoms with E-state index in [1.807, 2.05) is 59.7 Å². The predicted octanol–water partition coefficient (Wildman–Crippen LogP) is 5.13.